The van der Waals surface area contributed by atoms with Gasteiger partial charge in [0.05, 0.1) is 58.9 Å². The number of amides is 2. The minimum atomic E-state index is -1.97. The van der Waals surface area contributed by atoms with Crippen molar-refractivity contribution in [2.75, 3.05) is 0 Å². The molecule has 12 atom stereocenters. The summed E-state index contributed by atoms with van der Waals surface area (Å²) in [5.74, 6) is -6.11. The summed E-state index contributed by atoms with van der Waals surface area (Å²) in [4.78, 5) is 87.3. The summed E-state index contributed by atoms with van der Waals surface area (Å²) in [6.45, 7) is 5.60. The number of fused-ring (bicyclic) bond motifs is 6. The van der Waals surface area contributed by atoms with E-state index >= 15 is 0 Å². The van der Waals surface area contributed by atoms with Crippen LogP contribution in [0.25, 0.3) is 0 Å². The summed E-state index contributed by atoms with van der Waals surface area (Å²) >= 11 is 0. The second kappa shape index (κ2) is 22.2. The van der Waals surface area contributed by atoms with Crippen LogP contribution in [0.15, 0.2) is 48.5 Å². The Morgan fingerprint density at radius 2 is 0.872 bits per heavy atom. The van der Waals surface area contributed by atoms with E-state index in [1.165, 1.54) is 43.6 Å². The quantitative estimate of drug-likeness (QED) is 0.0638. The number of carbonyl (C=O) groups is 7. The average Bonchev–Trinajstić information content (AvgIpc) is 3.37. The standard InChI is InChI=1S/2C26H27NO9.CH4N2O2.ClH/c2*1-10-21(29)15(27)7-17(35-10)36-16-9-26(34,11(2)28)8-14-18(16)25(33)20-19(24(14)32)22(30)12-5-3-4-6-13(12)23(20)31;2-1(4)3-5;/h2*3-6,10,15-17,21,29,32-34H,7-9,27H2,1-2H3;5H,(H3,2,3,4);1H/t2*10-,15-,16-,17-,21+,26-;;/m00../s1. The van der Waals surface area contributed by atoms with Gasteiger partial charge in [-0.1, -0.05) is 48.5 Å². The summed E-state index contributed by atoms with van der Waals surface area (Å²) in [6.07, 6.45) is -8.75. The Hall–Kier alpha value is -6.78. The highest BCUT2D eigenvalue weighted by molar-refractivity contribution is 6.31. The number of hydrogen-bond acceptors (Lipinski definition) is 22. The number of primary amides is 1. The van der Waals surface area contributed by atoms with E-state index in [4.69, 9.17) is 35.6 Å². The first-order chi connectivity index (χ1) is 36.2. The van der Waals surface area contributed by atoms with Gasteiger partial charge in [0.25, 0.3) is 0 Å². The van der Waals surface area contributed by atoms with Crippen molar-refractivity contribution in [1.82, 2.24) is 5.48 Å². The van der Waals surface area contributed by atoms with E-state index in [9.17, 15) is 74.4 Å². The van der Waals surface area contributed by atoms with E-state index in [0.717, 1.165) is 0 Å². The molecule has 0 unspecified atom stereocenters. The van der Waals surface area contributed by atoms with Crippen LogP contribution in [0.3, 0.4) is 0 Å². The molecule has 24 nitrogen and oxygen atoms in total. The van der Waals surface area contributed by atoms with Crippen molar-refractivity contribution >= 4 is 53.1 Å². The molecule has 16 N–H and O–H groups in total. The monoisotopic (exact) mass is 1110 g/mol. The van der Waals surface area contributed by atoms with Gasteiger partial charge in [0.2, 0.25) is 0 Å². The minimum absolute atomic E-state index is 0. The molecule has 78 heavy (non-hydrogen) atoms. The Labute approximate surface area is 450 Å². The summed E-state index contributed by atoms with van der Waals surface area (Å²) in [5.41, 5.74) is 12.2. The van der Waals surface area contributed by atoms with Crippen LogP contribution in [0.1, 0.15) is 152 Å². The number of rotatable bonds is 6. The lowest BCUT2D eigenvalue weighted by atomic mass is 9.72. The number of ketones is 6. The maximum Gasteiger partial charge on any atom is 0.335 e. The van der Waals surface area contributed by atoms with Crippen LogP contribution in [0.2, 0.25) is 0 Å². The Morgan fingerprint density at radius 1 is 0.590 bits per heavy atom. The summed E-state index contributed by atoms with van der Waals surface area (Å²) in [5, 5.41) is 95.1. The molecular formula is C53H59ClN4O20. The minimum Gasteiger partial charge on any atom is -0.507 e. The Morgan fingerprint density at radius 3 is 1.13 bits per heavy atom. The van der Waals surface area contributed by atoms with Gasteiger partial charge in [0, 0.05) is 95.1 Å². The lowest BCUT2D eigenvalue weighted by Crippen LogP contribution is -2.52. The van der Waals surface area contributed by atoms with Crippen molar-refractivity contribution in [3.8, 4) is 23.0 Å². The number of phenolic OH excluding ortho intramolecular Hbond substituents is 4. The molecule has 10 rings (SSSR count). The molecule has 4 aliphatic carbocycles. The Balaban J connectivity index is 0.000000206. The molecule has 4 aromatic carbocycles. The summed E-state index contributed by atoms with van der Waals surface area (Å²) < 4.78 is 23.5. The molecule has 0 aromatic heterocycles. The zero-order valence-corrected chi connectivity index (χ0v) is 43.1. The average molecular weight is 1110 g/mol. The smallest absolute Gasteiger partial charge is 0.335 e. The molecule has 25 heteroatoms. The number of aromatic hydroxyl groups is 4. The van der Waals surface area contributed by atoms with Crippen LogP contribution < -0.4 is 22.7 Å². The van der Waals surface area contributed by atoms with E-state index in [0.29, 0.717) is 0 Å². The van der Waals surface area contributed by atoms with Gasteiger partial charge >= 0.3 is 6.03 Å². The predicted molar refractivity (Wildman–Crippen MR) is 269 cm³/mol. The Bertz CT molecular complexity index is 2930. The first-order valence-electron chi connectivity index (χ1n) is 24.4. The molecule has 0 radical (unpaired) electrons. The maximum atomic E-state index is 13.3. The number of urea groups is 1. The molecule has 2 aliphatic heterocycles. The zero-order valence-electron chi connectivity index (χ0n) is 42.3. The number of ether oxygens (including phenoxy) is 4. The topological polar surface area (TPSA) is 429 Å². The van der Waals surface area contributed by atoms with Gasteiger partial charge in [-0.05, 0) is 27.7 Å². The molecular weight excluding hydrogens is 1050 g/mol. The fourth-order valence-corrected chi connectivity index (χ4v) is 10.8. The van der Waals surface area contributed by atoms with Crippen molar-refractivity contribution in [2.24, 2.45) is 17.2 Å². The van der Waals surface area contributed by atoms with Gasteiger partial charge in [-0.2, -0.15) is 0 Å². The molecule has 418 valence electrons. The van der Waals surface area contributed by atoms with Crippen LogP contribution in [0.4, 0.5) is 4.79 Å². The van der Waals surface area contributed by atoms with Crippen LogP contribution in [-0.4, -0.2) is 147 Å². The summed E-state index contributed by atoms with van der Waals surface area (Å²) in [6, 6.07) is 9.86. The number of halogens is 1. The number of nitrogens with one attached hydrogen (secondary N) is 1. The number of carbonyl (C=O) groups excluding carboxylic acids is 7. The SMILES string of the molecule is CC(=O)[C@]1(O)Cc2c(O)c3c(c(O)c2[C@@H](O[C@H]2C[C@H](N)[C@H](O)[C@H](C)O2)C1)C(=O)c1ccccc1C3=O.CC(=O)[C@]1(O)Cc2c(O)c3c(c(O)c2[C@@H](O[C@H]2C[C@H](N)[C@H](O)[C@H](C)O2)C1)C(=O)c1ccccc1C3=O.Cl.NC(=O)NO. The third-order valence-corrected chi connectivity index (χ3v) is 15.1. The van der Waals surface area contributed by atoms with E-state index in [1.807, 2.05) is 0 Å². The highest BCUT2D eigenvalue weighted by Gasteiger charge is 2.51. The van der Waals surface area contributed by atoms with Crippen LogP contribution in [-0.2, 0) is 41.4 Å². The van der Waals surface area contributed by atoms with Crippen molar-refractivity contribution in [1.29, 1.82) is 0 Å². The number of hydroxylamine groups is 1. The molecule has 6 aliphatic rings. The highest BCUT2D eigenvalue weighted by Crippen LogP contribution is 2.54. The van der Waals surface area contributed by atoms with Crippen LogP contribution >= 0.6 is 12.4 Å². The van der Waals surface area contributed by atoms with E-state index < -0.39 is 149 Å². The summed E-state index contributed by atoms with van der Waals surface area (Å²) in [7, 11) is 0. The molecule has 2 fully saturated rings. The maximum absolute atomic E-state index is 13.3. The van der Waals surface area contributed by atoms with Gasteiger partial charge in [-0.15, -0.1) is 12.4 Å². The molecule has 4 aromatic rings. The van der Waals surface area contributed by atoms with E-state index in [1.54, 1.807) is 38.1 Å². The number of benzene rings is 4. The van der Waals surface area contributed by atoms with Crippen molar-refractivity contribution in [3.63, 3.8) is 0 Å². The van der Waals surface area contributed by atoms with E-state index in [2.05, 4.69) is 5.73 Å². The van der Waals surface area contributed by atoms with Gasteiger partial charge in [0.15, 0.2) is 47.3 Å². The zero-order chi connectivity index (χ0) is 56.5. The Kier molecular flexibility index (Phi) is 16.7. The first kappa shape index (κ1) is 58.9. The van der Waals surface area contributed by atoms with Crippen molar-refractivity contribution in [3.05, 3.63) is 115 Å². The number of phenols is 4. The highest BCUT2D eigenvalue weighted by atomic mass is 35.5. The number of nitrogens with two attached hydrogens (primary N) is 3. The largest absolute Gasteiger partial charge is 0.507 e. The molecule has 2 amide bonds. The number of aliphatic hydroxyl groups excluding tert-OH is 2. The van der Waals surface area contributed by atoms with Gasteiger partial charge in [0.1, 0.15) is 34.2 Å². The first-order valence-corrected chi connectivity index (χ1v) is 24.4. The fraction of sp³-hybridized carbons (Fsp3) is 0.415. The lowest BCUT2D eigenvalue weighted by Gasteiger charge is -2.42. The second-order valence-corrected chi connectivity index (χ2v) is 20.1. The number of Topliss-reactive ketones (excluding diaryl/α,β-unsaturated/α-hetero) is 2. The molecule has 2 heterocycles. The number of hydrogen-bond donors (Lipinski definition) is 13. The second-order valence-electron chi connectivity index (χ2n) is 20.1. The normalized spacial score (nSPS) is 29.4. The molecule has 0 bridgehead atoms. The molecule has 0 saturated carbocycles. The number of aliphatic hydroxyl groups is 4. The van der Waals surface area contributed by atoms with Crippen molar-refractivity contribution < 1.29 is 98.6 Å². The van der Waals surface area contributed by atoms with Crippen LogP contribution in [0.5, 0.6) is 23.0 Å². The van der Waals surface area contributed by atoms with Crippen LogP contribution in [0, 0.1) is 0 Å². The predicted octanol–water partition coefficient (Wildman–Crippen LogP) is 1.51. The lowest BCUT2D eigenvalue weighted by molar-refractivity contribution is -0.247. The van der Waals surface area contributed by atoms with Gasteiger partial charge in [-0.25, -0.2) is 10.3 Å². The van der Waals surface area contributed by atoms with Crippen molar-refractivity contribution in [2.45, 2.75) is 139 Å². The third kappa shape index (κ3) is 10.3. The molecule has 2 saturated heterocycles. The van der Waals surface area contributed by atoms with E-state index in [-0.39, 0.29) is 105 Å². The molecule has 0 spiro atoms. The third-order valence-electron chi connectivity index (χ3n) is 15.1. The fourth-order valence-electron chi connectivity index (χ4n) is 10.8. The van der Waals surface area contributed by atoms with Gasteiger partial charge in [-0.3, -0.25) is 34.0 Å². The van der Waals surface area contributed by atoms with Gasteiger partial charge < -0.3 is 77.0 Å².